The Bertz CT molecular complexity index is 380. The minimum absolute atomic E-state index is 0.239. The number of rotatable bonds is 17. The smallest absolute Gasteiger partial charge is 0.185 e. The summed E-state index contributed by atoms with van der Waals surface area (Å²) in [6, 6.07) is 0. The Morgan fingerprint density at radius 1 is 0.885 bits per heavy atom. The summed E-state index contributed by atoms with van der Waals surface area (Å²) in [5.74, 6) is 0. The van der Waals surface area contributed by atoms with Crippen LogP contribution in [-0.4, -0.2) is 35.5 Å². The zero-order chi connectivity index (χ0) is 18.9. The largest absolute Gasteiger partial charge is 0.390 e. The number of unbranched alkanes of at least 4 members (excludes halogenated alkanes) is 12. The molecule has 0 aromatic carbocycles. The monoisotopic (exact) mass is 365 g/mol. The van der Waals surface area contributed by atoms with Gasteiger partial charge < -0.3 is 10.4 Å². The summed E-state index contributed by atoms with van der Waals surface area (Å²) in [5.41, 5.74) is 0. The fraction of sp³-hybridized carbons (Fsp3) is 0.826. The third-order valence-electron chi connectivity index (χ3n) is 5.84. The Balaban J connectivity index is 1.96. The quantitative estimate of drug-likeness (QED) is 0.192. The van der Waals surface area contributed by atoms with E-state index in [2.05, 4.69) is 37.5 Å². The van der Waals surface area contributed by atoms with E-state index >= 15 is 0 Å². The normalized spacial score (nSPS) is 22.3. The standard InChI is InChI=1S/C23H45N2O/c1-3-5-6-7-8-9-10-11-12-13-14-15-16-17-18-23-24-19-20-25(23,4-2)21-22-26/h17-20,23-24,26H,3-16,21-22H2,1-2H3/q+1/b18-17+. The van der Waals surface area contributed by atoms with Crippen molar-refractivity contribution in [3.05, 3.63) is 24.6 Å². The molecular formula is C23H45N2O+. The van der Waals surface area contributed by atoms with Gasteiger partial charge in [-0.25, -0.2) is 0 Å². The van der Waals surface area contributed by atoms with Gasteiger partial charge in [-0.05, 0) is 25.8 Å². The van der Waals surface area contributed by atoms with E-state index in [9.17, 15) is 5.11 Å². The molecule has 2 unspecified atom stereocenters. The third kappa shape index (κ3) is 9.23. The van der Waals surface area contributed by atoms with E-state index in [1.165, 1.54) is 83.5 Å². The van der Waals surface area contributed by atoms with Crippen LogP contribution in [0.25, 0.3) is 0 Å². The Hall–Kier alpha value is -0.800. The fourth-order valence-corrected chi connectivity index (χ4v) is 3.95. The molecule has 0 aliphatic carbocycles. The molecule has 26 heavy (non-hydrogen) atoms. The molecule has 0 saturated heterocycles. The summed E-state index contributed by atoms with van der Waals surface area (Å²) in [4.78, 5) is 0. The van der Waals surface area contributed by atoms with E-state index in [0.717, 1.165) is 17.6 Å². The molecule has 1 aliphatic heterocycles. The molecule has 0 aromatic heterocycles. The van der Waals surface area contributed by atoms with Crippen molar-refractivity contribution in [2.45, 2.75) is 103 Å². The molecule has 1 rings (SSSR count). The summed E-state index contributed by atoms with van der Waals surface area (Å²) in [5, 5.41) is 12.8. The van der Waals surface area contributed by atoms with Gasteiger partial charge in [0.15, 0.2) is 6.17 Å². The molecule has 0 bridgehead atoms. The predicted molar refractivity (Wildman–Crippen MR) is 114 cm³/mol. The van der Waals surface area contributed by atoms with Crippen molar-refractivity contribution in [2.75, 3.05) is 19.7 Å². The second kappa shape index (κ2) is 15.3. The van der Waals surface area contributed by atoms with Crippen LogP contribution in [0, 0.1) is 0 Å². The lowest BCUT2D eigenvalue weighted by Crippen LogP contribution is -2.53. The zero-order valence-corrected chi connectivity index (χ0v) is 17.6. The average molecular weight is 366 g/mol. The molecule has 0 saturated carbocycles. The lowest BCUT2D eigenvalue weighted by molar-refractivity contribution is -0.892. The highest BCUT2D eigenvalue weighted by molar-refractivity contribution is 4.97. The number of allylic oxidation sites excluding steroid dienone is 1. The van der Waals surface area contributed by atoms with E-state index in [1.807, 2.05) is 6.20 Å². The summed E-state index contributed by atoms with van der Waals surface area (Å²) < 4.78 is 0.825. The highest BCUT2D eigenvalue weighted by atomic mass is 16.3. The summed E-state index contributed by atoms with van der Waals surface area (Å²) in [6.45, 7) is 6.51. The number of hydrogen-bond acceptors (Lipinski definition) is 2. The summed E-state index contributed by atoms with van der Waals surface area (Å²) >= 11 is 0. The molecule has 3 nitrogen and oxygen atoms in total. The maximum Gasteiger partial charge on any atom is 0.185 e. The van der Waals surface area contributed by atoms with Crippen molar-refractivity contribution < 1.29 is 9.59 Å². The number of hydrogen-bond donors (Lipinski definition) is 2. The van der Waals surface area contributed by atoms with Gasteiger partial charge in [-0.2, -0.15) is 0 Å². The van der Waals surface area contributed by atoms with Gasteiger partial charge in [-0.15, -0.1) is 0 Å². The number of aliphatic hydroxyl groups excluding tert-OH is 1. The highest BCUT2D eigenvalue weighted by Gasteiger charge is 2.34. The van der Waals surface area contributed by atoms with Crippen LogP contribution >= 0.6 is 0 Å². The summed E-state index contributed by atoms with van der Waals surface area (Å²) in [7, 11) is 0. The molecule has 0 fully saturated rings. The minimum Gasteiger partial charge on any atom is -0.390 e. The van der Waals surface area contributed by atoms with Crippen LogP contribution in [-0.2, 0) is 0 Å². The highest BCUT2D eigenvalue weighted by Crippen LogP contribution is 2.19. The fourth-order valence-electron chi connectivity index (χ4n) is 3.95. The molecule has 0 amide bonds. The van der Waals surface area contributed by atoms with E-state index in [1.54, 1.807) is 0 Å². The molecular weight excluding hydrogens is 320 g/mol. The summed E-state index contributed by atoms with van der Waals surface area (Å²) in [6.07, 6.45) is 27.2. The zero-order valence-electron chi connectivity index (χ0n) is 17.6. The minimum atomic E-state index is 0.239. The number of aliphatic hydroxyl groups is 1. The first kappa shape index (κ1) is 23.2. The first-order valence-electron chi connectivity index (χ1n) is 11.4. The van der Waals surface area contributed by atoms with Crippen molar-refractivity contribution in [1.82, 2.24) is 5.32 Å². The van der Waals surface area contributed by atoms with E-state index in [-0.39, 0.29) is 6.61 Å². The van der Waals surface area contributed by atoms with E-state index < -0.39 is 0 Å². The van der Waals surface area contributed by atoms with E-state index in [4.69, 9.17) is 0 Å². The van der Waals surface area contributed by atoms with Crippen LogP contribution < -0.4 is 5.32 Å². The van der Waals surface area contributed by atoms with Gasteiger partial charge in [0.25, 0.3) is 0 Å². The maximum atomic E-state index is 9.33. The van der Waals surface area contributed by atoms with Crippen LogP contribution in [0.5, 0.6) is 0 Å². The predicted octanol–water partition coefficient (Wildman–Crippen LogP) is 5.86. The Labute approximate surface area is 163 Å². The van der Waals surface area contributed by atoms with Crippen molar-refractivity contribution in [3.63, 3.8) is 0 Å². The second-order valence-electron chi connectivity index (χ2n) is 7.90. The Morgan fingerprint density at radius 3 is 2.00 bits per heavy atom. The molecule has 2 atom stereocenters. The lowest BCUT2D eigenvalue weighted by Gasteiger charge is -2.34. The molecule has 0 aromatic rings. The SMILES string of the molecule is CCCCCCCCCCCCCC/C=C/C1NC=C[N+]1(CC)CCO. The van der Waals surface area contributed by atoms with Gasteiger partial charge in [0, 0.05) is 0 Å². The van der Waals surface area contributed by atoms with Gasteiger partial charge in [0.1, 0.15) is 12.7 Å². The number of nitrogens with zero attached hydrogens (tertiary/aromatic N) is 1. The van der Waals surface area contributed by atoms with Gasteiger partial charge >= 0.3 is 0 Å². The first-order valence-corrected chi connectivity index (χ1v) is 11.4. The first-order chi connectivity index (χ1) is 12.8. The van der Waals surface area contributed by atoms with Crippen LogP contribution in [0.4, 0.5) is 0 Å². The second-order valence-corrected chi connectivity index (χ2v) is 7.90. The molecule has 2 N–H and O–H groups in total. The topological polar surface area (TPSA) is 32.3 Å². The average Bonchev–Trinajstić information content (AvgIpc) is 3.05. The van der Waals surface area contributed by atoms with Gasteiger partial charge in [0.2, 0.25) is 0 Å². The van der Waals surface area contributed by atoms with Gasteiger partial charge in [-0.1, -0.05) is 83.6 Å². The number of likely N-dealkylation sites (N-methyl/N-ethyl adjacent to an activating group) is 1. The molecule has 0 radical (unpaired) electrons. The van der Waals surface area contributed by atoms with Gasteiger partial charge in [-0.3, -0.25) is 4.48 Å². The van der Waals surface area contributed by atoms with Crippen molar-refractivity contribution in [1.29, 1.82) is 0 Å². The third-order valence-corrected chi connectivity index (χ3v) is 5.84. The Kier molecular flexibility index (Phi) is 13.7. The van der Waals surface area contributed by atoms with Crippen molar-refractivity contribution >= 4 is 0 Å². The van der Waals surface area contributed by atoms with Crippen LogP contribution in [0.15, 0.2) is 24.6 Å². The molecule has 0 spiro atoms. The van der Waals surface area contributed by atoms with Crippen LogP contribution in [0.2, 0.25) is 0 Å². The van der Waals surface area contributed by atoms with Gasteiger partial charge in [0.05, 0.1) is 19.4 Å². The number of quaternary nitrogens is 1. The van der Waals surface area contributed by atoms with Crippen LogP contribution in [0.1, 0.15) is 97.3 Å². The number of nitrogens with one attached hydrogen (secondary N) is 1. The van der Waals surface area contributed by atoms with Crippen molar-refractivity contribution in [2.24, 2.45) is 0 Å². The molecule has 1 aliphatic rings. The molecule has 152 valence electrons. The van der Waals surface area contributed by atoms with Crippen LogP contribution in [0.3, 0.4) is 0 Å². The van der Waals surface area contributed by atoms with Crippen molar-refractivity contribution in [3.8, 4) is 0 Å². The molecule has 3 heteroatoms. The maximum absolute atomic E-state index is 9.33. The molecule has 1 heterocycles. The van der Waals surface area contributed by atoms with E-state index in [0.29, 0.717) is 6.17 Å². The Morgan fingerprint density at radius 2 is 1.46 bits per heavy atom. The lowest BCUT2D eigenvalue weighted by atomic mass is 10.0.